The summed E-state index contributed by atoms with van der Waals surface area (Å²) in [5.41, 5.74) is 0. The van der Waals surface area contributed by atoms with E-state index in [1.54, 1.807) is 0 Å². The highest BCUT2D eigenvalue weighted by Gasteiger charge is 2.16. The second kappa shape index (κ2) is 28.2. The maximum Gasteiger partial charge on any atom is 0.306 e. The molecular weight excluding hydrogens is 452 g/mol. The van der Waals surface area contributed by atoms with E-state index < -0.39 is 6.10 Å². The Balaban J connectivity index is 3.61. The molecule has 1 N–H and O–H groups in total. The number of aliphatic hydroxyl groups is 1. The zero-order chi connectivity index (χ0) is 26.5. The number of ether oxygens (including phenoxy) is 2. The molecule has 0 rings (SSSR count). The number of rotatable bonds is 27. The summed E-state index contributed by atoms with van der Waals surface area (Å²) in [4.78, 5) is 23.9. The van der Waals surface area contributed by atoms with Gasteiger partial charge in [-0.15, -0.1) is 0 Å². The fourth-order valence-corrected chi connectivity index (χ4v) is 4.19. The van der Waals surface area contributed by atoms with Crippen LogP contribution in [0.2, 0.25) is 0 Å². The van der Waals surface area contributed by atoms with Gasteiger partial charge in [0.05, 0.1) is 6.61 Å². The smallest absolute Gasteiger partial charge is 0.306 e. The molecule has 1 unspecified atom stereocenters. The molecule has 0 spiro atoms. The Labute approximate surface area is 222 Å². The predicted molar refractivity (Wildman–Crippen MR) is 150 cm³/mol. The van der Waals surface area contributed by atoms with Crippen LogP contribution in [0, 0.1) is 0 Å². The van der Waals surface area contributed by atoms with Gasteiger partial charge >= 0.3 is 11.9 Å². The van der Waals surface area contributed by atoms with E-state index in [2.05, 4.69) is 26.0 Å². The van der Waals surface area contributed by atoms with Crippen molar-refractivity contribution in [3.63, 3.8) is 0 Å². The van der Waals surface area contributed by atoms with E-state index in [-0.39, 0.29) is 25.2 Å². The van der Waals surface area contributed by atoms with Gasteiger partial charge in [-0.25, -0.2) is 0 Å². The molecule has 0 aromatic heterocycles. The van der Waals surface area contributed by atoms with E-state index in [0.29, 0.717) is 12.8 Å². The molecule has 5 heteroatoms. The molecule has 0 amide bonds. The lowest BCUT2D eigenvalue weighted by Gasteiger charge is -2.15. The number of carbonyl (C=O) groups excluding carboxylic acids is 2. The van der Waals surface area contributed by atoms with Gasteiger partial charge in [-0.3, -0.25) is 9.59 Å². The lowest BCUT2D eigenvalue weighted by molar-refractivity contribution is -0.161. The maximum absolute atomic E-state index is 12.0. The minimum Gasteiger partial charge on any atom is -0.462 e. The third kappa shape index (κ3) is 25.7. The van der Waals surface area contributed by atoms with Crippen molar-refractivity contribution in [2.75, 3.05) is 13.2 Å². The monoisotopic (exact) mass is 510 g/mol. The molecule has 5 nitrogen and oxygen atoms in total. The Morgan fingerprint density at radius 2 is 1.03 bits per heavy atom. The summed E-state index contributed by atoms with van der Waals surface area (Å²) in [6, 6.07) is 0. The van der Waals surface area contributed by atoms with E-state index in [1.165, 1.54) is 83.5 Å². The van der Waals surface area contributed by atoms with Crippen molar-refractivity contribution in [3.05, 3.63) is 12.2 Å². The van der Waals surface area contributed by atoms with E-state index in [9.17, 15) is 14.7 Å². The molecule has 0 heterocycles. The fraction of sp³-hybridized carbons (Fsp3) is 0.871. The summed E-state index contributed by atoms with van der Waals surface area (Å²) >= 11 is 0. The van der Waals surface area contributed by atoms with E-state index in [4.69, 9.17) is 9.47 Å². The van der Waals surface area contributed by atoms with Gasteiger partial charge in [0.15, 0.2) is 6.10 Å². The van der Waals surface area contributed by atoms with Gasteiger partial charge in [0, 0.05) is 12.8 Å². The minimum atomic E-state index is -0.765. The molecule has 0 fully saturated rings. The second-order valence-electron chi connectivity index (χ2n) is 10.2. The third-order valence-electron chi connectivity index (χ3n) is 6.56. The molecule has 0 aliphatic heterocycles. The lowest BCUT2D eigenvalue weighted by atomic mass is 10.1. The summed E-state index contributed by atoms with van der Waals surface area (Å²) in [5, 5.41) is 9.45. The molecule has 0 aromatic rings. The van der Waals surface area contributed by atoms with Crippen molar-refractivity contribution < 1.29 is 24.2 Å². The highest BCUT2D eigenvalue weighted by molar-refractivity contribution is 5.70. The molecule has 0 saturated heterocycles. The van der Waals surface area contributed by atoms with Crippen LogP contribution >= 0.6 is 0 Å². The predicted octanol–water partition coefficient (Wildman–Crippen LogP) is 8.61. The van der Waals surface area contributed by atoms with Crippen LogP contribution in [0.15, 0.2) is 12.2 Å². The van der Waals surface area contributed by atoms with Gasteiger partial charge in [-0.1, -0.05) is 116 Å². The summed E-state index contributed by atoms with van der Waals surface area (Å²) in [6.07, 6.45) is 28.3. The van der Waals surface area contributed by atoms with Crippen LogP contribution in [0.25, 0.3) is 0 Å². The van der Waals surface area contributed by atoms with Crippen LogP contribution in [-0.4, -0.2) is 36.4 Å². The summed E-state index contributed by atoms with van der Waals surface area (Å²) in [6.45, 7) is 4.07. The third-order valence-corrected chi connectivity index (χ3v) is 6.56. The molecule has 0 aromatic carbocycles. The Hall–Kier alpha value is -1.36. The van der Waals surface area contributed by atoms with Crippen molar-refractivity contribution in [2.24, 2.45) is 0 Å². The first-order valence-corrected chi connectivity index (χ1v) is 15.2. The van der Waals surface area contributed by atoms with Gasteiger partial charge in [0.25, 0.3) is 0 Å². The quantitative estimate of drug-likeness (QED) is 0.0680. The number of carbonyl (C=O) groups is 2. The van der Waals surface area contributed by atoms with E-state index in [1.807, 2.05) is 0 Å². The van der Waals surface area contributed by atoms with E-state index in [0.717, 1.165) is 44.9 Å². The fourth-order valence-electron chi connectivity index (χ4n) is 4.19. The van der Waals surface area contributed by atoms with Gasteiger partial charge in [0.2, 0.25) is 0 Å². The highest BCUT2D eigenvalue weighted by Crippen LogP contribution is 2.12. The number of esters is 2. The summed E-state index contributed by atoms with van der Waals surface area (Å²) in [7, 11) is 0. The van der Waals surface area contributed by atoms with Crippen LogP contribution in [0.5, 0.6) is 0 Å². The van der Waals surface area contributed by atoms with Gasteiger partial charge < -0.3 is 14.6 Å². The highest BCUT2D eigenvalue weighted by atomic mass is 16.6. The number of hydrogen-bond acceptors (Lipinski definition) is 5. The summed E-state index contributed by atoms with van der Waals surface area (Å²) in [5.74, 6) is -0.603. The molecule has 1 atom stereocenters. The molecule has 0 aliphatic carbocycles. The topological polar surface area (TPSA) is 72.8 Å². The first-order chi connectivity index (χ1) is 17.6. The molecule has 0 radical (unpaired) electrons. The molecule has 0 saturated carbocycles. The zero-order valence-electron chi connectivity index (χ0n) is 23.8. The Morgan fingerprint density at radius 3 is 1.53 bits per heavy atom. The van der Waals surface area contributed by atoms with E-state index >= 15 is 0 Å². The van der Waals surface area contributed by atoms with Crippen LogP contribution in [0.4, 0.5) is 0 Å². The first kappa shape index (κ1) is 34.6. The Kier molecular flexibility index (Phi) is 27.1. The lowest BCUT2D eigenvalue weighted by Crippen LogP contribution is -2.28. The van der Waals surface area contributed by atoms with Gasteiger partial charge in [0.1, 0.15) is 6.61 Å². The van der Waals surface area contributed by atoms with Crippen molar-refractivity contribution in [3.8, 4) is 0 Å². The van der Waals surface area contributed by atoms with Crippen molar-refractivity contribution in [1.82, 2.24) is 0 Å². The van der Waals surface area contributed by atoms with Crippen molar-refractivity contribution in [2.45, 2.75) is 161 Å². The largest absolute Gasteiger partial charge is 0.462 e. The van der Waals surface area contributed by atoms with Crippen molar-refractivity contribution >= 4 is 11.9 Å². The van der Waals surface area contributed by atoms with Gasteiger partial charge in [-0.05, 0) is 38.5 Å². The SMILES string of the molecule is CCCCCC/C=C\CCCCCCCC(=O)OC(CO)COC(=O)CCCCCCCCCCC. The minimum absolute atomic E-state index is 0.0649. The Morgan fingerprint density at radius 1 is 0.611 bits per heavy atom. The van der Waals surface area contributed by atoms with Crippen LogP contribution in [0.1, 0.15) is 155 Å². The van der Waals surface area contributed by atoms with Crippen LogP contribution in [-0.2, 0) is 19.1 Å². The first-order valence-electron chi connectivity index (χ1n) is 15.2. The molecular formula is C31H58O5. The zero-order valence-corrected chi connectivity index (χ0v) is 23.8. The second-order valence-corrected chi connectivity index (χ2v) is 10.2. The number of aliphatic hydroxyl groups excluding tert-OH is 1. The van der Waals surface area contributed by atoms with Crippen molar-refractivity contribution in [1.29, 1.82) is 0 Å². The van der Waals surface area contributed by atoms with Crippen LogP contribution in [0.3, 0.4) is 0 Å². The number of unbranched alkanes of at least 4 members (excludes halogenated alkanes) is 17. The normalized spacial score (nSPS) is 12.2. The number of allylic oxidation sites excluding steroid dienone is 2. The average molecular weight is 511 g/mol. The molecule has 212 valence electrons. The Bertz CT molecular complexity index is 517. The molecule has 0 aliphatic rings. The number of hydrogen-bond donors (Lipinski definition) is 1. The average Bonchev–Trinajstić information content (AvgIpc) is 2.88. The summed E-state index contributed by atoms with van der Waals surface area (Å²) < 4.78 is 10.5. The van der Waals surface area contributed by atoms with Gasteiger partial charge in [-0.2, -0.15) is 0 Å². The standard InChI is InChI=1S/C31H58O5/c1-3-5-7-9-11-13-14-15-16-18-20-22-24-26-31(34)36-29(27-32)28-35-30(33)25-23-21-19-17-12-10-8-6-4-2/h13-14,29,32H,3-12,15-28H2,1-2H3/b14-13-. The van der Waals surface area contributed by atoms with Crippen LogP contribution < -0.4 is 0 Å². The maximum atomic E-state index is 12.0. The molecule has 0 bridgehead atoms. The molecule has 36 heavy (non-hydrogen) atoms.